The minimum atomic E-state index is -3.72. The van der Waals surface area contributed by atoms with Gasteiger partial charge in [-0.2, -0.15) is 0 Å². The number of nitrogens with two attached hydrogens (primary N) is 1. The van der Waals surface area contributed by atoms with Gasteiger partial charge < -0.3 is 10.3 Å². The van der Waals surface area contributed by atoms with Gasteiger partial charge in [-0.15, -0.1) is 11.3 Å². The summed E-state index contributed by atoms with van der Waals surface area (Å²) < 4.78 is 22.5. The predicted octanol–water partition coefficient (Wildman–Crippen LogP) is 1.22. The summed E-state index contributed by atoms with van der Waals surface area (Å²) in [5.41, 5.74) is 1.23. The monoisotopic (exact) mass is 406 g/mol. The average Bonchev–Trinajstić information content (AvgIpc) is 2.91. The van der Waals surface area contributed by atoms with Crippen LogP contribution in [-0.4, -0.2) is 30.8 Å². The summed E-state index contributed by atoms with van der Waals surface area (Å²) in [5.74, 6) is 0.234. The first-order valence-electron chi connectivity index (χ1n) is 8.07. The lowest BCUT2D eigenvalue weighted by Crippen LogP contribution is -2.25. The molecule has 8 nitrogen and oxygen atoms in total. The predicted molar refractivity (Wildman–Crippen MR) is 104 cm³/mol. The number of aryl methyl sites for hydroxylation is 2. The van der Waals surface area contributed by atoms with Crippen LogP contribution in [0.3, 0.4) is 0 Å². The second-order valence-corrected chi connectivity index (χ2v) is 8.64. The van der Waals surface area contributed by atoms with Crippen LogP contribution in [0.2, 0.25) is 0 Å². The van der Waals surface area contributed by atoms with E-state index >= 15 is 0 Å². The van der Waals surface area contributed by atoms with E-state index in [0.717, 1.165) is 5.56 Å². The molecule has 0 saturated carbocycles. The zero-order valence-electron chi connectivity index (χ0n) is 14.7. The molecule has 10 heteroatoms. The van der Waals surface area contributed by atoms with E-state index in [1.165, 1.54) is 23.5 Å². The summed E-state index contributed by atoms with van der Waals surface area (Å²) in [7, 11) is -3.72. The third-order valence-corrected chi connectivity index (χ3v) is 6.19. The molecule has 2 heterocycles. The molecule has 0 spiro atoms. The first-order valence-corrected chi connectivity index (χ1v) is 10.4. The molecule has 3 rings (SSSR count). The lowest BCUT2D eigenvalue weighted by Gasteiger charge is -2.05. The number of fused-ring (bicyclic) bond motifs is 1. The summed E-state index contributed by atoms with van der Waals surface area (Å²) >= 11 is 1.19. The molecule has 3 aromatic rings. The van der Waals surface area contributed by atoms with Gasteiger partial charge in [-0.3, -0.25) is 9.59 Å². The quantitative estimate of drug-likeness (QED) is 0.585. The van der Waals surface area contributed by atoms with Gasteiger partial charge in [0, 0.05) is 6.54 Å². The summed E-state index contributed by atoms with van der Waals surface area (Å²) in [5, 5.41) is 8.32. The number of H-pyrrole nitrogens is 1. The van der Waals surface area contributed by atoms with Crippen LogP contribution in [0.5, 0.6) is 0 Å². The van der Waals surface area contributed by atoms with Gasteiger partial charge >= 0.3 is 0 Å². The van der Waals surface area contributed by atoms with Crippen molar-refractivity contribution < 1.29 is 13.2 Å². The SMILES string of the molecule is Cc1nc2sc(C(=O)NCCc3ccc(S(N)(=O)=O)cc3)c(C)c2c(=O)[nH]1. The fraction of sp³-hybridized carbons (Fsp3) is 0.235. The first-order chi connectivity index (χ1) is 12.7. The van der Waals surface area contributed by atoms with E-state index in [1.807, 2.05) is 0 Å². The van der Waals surface area contributed by atoms with E-state index in [0.29, 0.717) is 39.4 Å². The maximum absolute atomic E-state index is 12.5. The van der Waals surface area contributed by atoms with Gasteiger partial charge in [0.25, 0.3) is 11.5 Å². The highest BCUT2D eigenvalue weighted by atomic mass is 32.2. The van der Waals surface area contributed by atoms with Crippen molar-refractivity contribution in [1.29, 1.82) is 0 Å². The molecule has 0 fully saturated rings. The minimum absolute atomic E-state index is 0.0456. The van der Waals surface area contributed by atoms with Crippen molar-refractivity contribution in [3.63, 3.8) is 0 Å². The lowest BCUT2D eigenvalue weighted by molar-refractivity contribution is 0.0957. The summed E-state index contributed by atoms with van der Waals surface area (Å²) in [6.45, 7) is 3.78. The van der Waals surface area contributed by atoms with Crippen molar-refractivity contribution in [2.75, 3.05) is 6.54 Å². The number of nitrogens with one attached hydrogen (secondary N) is 2. The van der Waals surface area contributed by atoms with Crippen molar-refractivity contribution in [2.24, 2.45) is 5.14 Å². The lowest BCUT2D eigenvalue weighted by atomic mass is 10.1. The molecule has 0 aliphatic carbocycles. The molecule has 0 bridgehead atoms. The summed E-state index contributed by atoms with van der Waals surface area (Å²) in [6, 6.07) is 6.18. The van der Waals surface area contributed by atoms with E-state index < -0.39 is 10.0 Å². The van der Waals surface area contributed by atoms with Crippen LogP contribution in [0.4, 0.5) is 0 Å². The zero-order valence-corrected chi connectivity index (χ0v) is 16.3. The standard InChI is InChI=1S/C17H18N4O4S2/c1-9-13-15(22)20-10(2)21-17(13)26-14(9)16(23)19-8-7-11-3-5-12(6-4-11)27(18,24)25/h3-6H,7-8H2,1-2H3,(H,19,23)(H2,18,24,25)(H,20,21,22). The topological polar surface area (TPSA) is 135 Å². The van der Waals surface area contributed by atoms with Crippen molar-refractivity contribution in [3.05, 3.63) is 56.4 Å². The van der Waals surface area contributed by atoms with Crippen molar-refractivity contribution >= 4 is 37.5 Å². The second-order valence-electron chi connectivity index (χ2n) is 6.08. The smallest absolute Gasteiger partial charge is 0.261 e. The molecular weight excluding hydrogens is 388 g/mol. The molecule has 0 aliphatic rings. The fourth-order valence-corrected chi connectivity index (χ4v) is 4.37. The third kappa shape index (κ3) is 4.07. The molecular formula is C17H18N4O4S2. The summed E-state index contributed by atoms with van der Waals surface area (Å²) in [6.07, 6.45) is 0.526. The first kappa shape index (κ1) is 19.2. The number of hydrogen-bond acceptors (Lipinski definition) is 6. The Labute approximate surface area is 159 Å². The Hall–Kier alpha value is -2.56. The highest BCUT2D eigenvalue weighted by Crippen LogP contribution is 2.26. The van der Waals surface area contributed by atoms with Crippen molar-refractivity contribution in [2.45, 2.75) is 25.2 Å². The molecule has 4 N–H and O–H groups in total. The van der Waals surface area contributed by atoms with E-state index in [-0.39, 0.29) is 16.4 Å². The van der Waals surface area contributed by atoms with E-state index in [9.17, 15) is 18.0 Å². The highest BCUT2D eigenvalue weighted by molar-refractivity contribution is 7.89. The Morgan fingerprint density at radius 1 is 1.26 bits per heavy atom. The van der Waals surface area contributed by atoms with E-state index in [2.05, 4.69) is 15.3 Å². The molecule has 1 amide bonds. The number of rotatable bonds is 5. The third-order valence-electron chi connectivity index (χ3n) is 4.08. The summed E-state index contributed by atoms with van der Waals surface area (Å²) in [4.78, 5) is 32.5. The molecule has 142 valence electrons. The molecule has 0 unspecified atom stereocenters. The van der Waals surface area contributed by atoms with Crippen LogP contribution in [0.25, 0.3) is 10.2 Å². The van der Waals surface area contributed by atoms with Crippen molar-refractivity contribution in [1.82, 2.24) is 15.3 Å². The Kier molecular flexibility index (Phi) is 5.13. The van der Waals surface area contributed by atoms with Gasteiger partial charge in [-0.1, -0.05) is 12.1 Å². The Balaban J connectivity index is 1.70. The molecule has 0 aliphatic heterocycles. The molecule has 0 radical (unpaired) electrons. The van der Waals surface area contributed by atoms with Gasteiger partial charge in [-0.05, 0) is 43.5 Å². The number of benzene rings is 1. The largest absolute Gasteiger partial charge is 0.351 e. The van der Waals surface area contributed by atoms with Crippen LogP contribution >= 0.6 is 11.3 Å². The molecule has 0 atom stereocenters. The fourth-order valence-electron chi connectivity index (χ4n) is 2.71. The van der Waals surface area contributed by atoms with Crippen LogP contribution in [0.15, 0.2) is 34.0 Å². The number of nitrogens with zero attached hydrogens (tertiary/aromatic N) is 1. The molecule has 27 heavy (non-hydrogen) atoms. The van der Waals surface area contributed by atoms with Crippen LogP contribution in [0, 0.1) is 13.8 Å². The van der Waals surface area contributed by atoms with Gasteiger partial charge in [0.05, 0.1) is 15.2 Å². The number of hydrogen-bond donors (Lipinski definition) is 3. The second kappa shape index (κ2) is 7.22. The van der Waals surface area contributed by atoms with E-state index in [4.69, 9.17) is 5.14 Å². The zero-order chi connectivity index (χ0) is 19.8. The number of sulfonamides is 1. The molecule has 0 saturated heterocycles. The van der Waals surface area contributed by atoms with Crippen LogP contribution in [0.1, 0.15) is 26.6 Å². The minimum Gasteiger partial charge on any atom is -0.351 e. The number of primary sulfonamides is 1. The number of aromatic nitrogens is 2. The molecule has 2 aromatic heterocycles. The van der Waals surface area contributed by atoms with Crippen LogP contribution < -0.4 is 16.0 Å². The number of carbonyl (C=O) groups excluding carboxylic acids is 1. The van der Waals surface area contributed by atoms with Crippen molar-refractivity contribution in [3.8, 4) is 0 Å². The Morgan fingerprint density at radius 3 is 2.56 bits per heavy atom. The van der Waals surface area contributed by atoms with Crippen LogP contribution in [-0.2, 0) is 16.4 Å². The average molecular weight is 406 g/mol. The highest BCUT2D eigenvalue weighted by Gasteiger charge is 2.18. The Bertz CT molecular complexity index is 1180. The van der Waals surface area contributed by atoms with Gasteiger partial charge in [0.1, 0.15) is 10.7 Å². The number of amides is 1. The Morgan fingerprint density at radius 2 is 1.93 bits per heavy atom. The van der Waals surface area contributed by atoms with Gasteiger partial charge in [-0.25, -0.2) is 18.5 Å². The normalized spacial score (nSPS) is 11.7. The maximum atomic E-state index is 12.5. The molecule has 1 aromatic carbocycles. The van der Waals surface area contributed by atoms with Gasteiger partial charge in [0.2, 0.25) is 10.0 Å². The number of carbonyl (C=O) groups is 1. The number of aromatic amines is 1. The van der Waals surface area contributed by atoms with Gasteiger partial charge in [0.15, 0.2) is 0 Å². The number of thiophene rings is 1. The maximum Gasteiger partial charge on any atom is 0.261 e. The van der Waals surface area contributed by atoms with E-state index in [1.54, 1.807) is 26.0 Å².